The lowest BCUT2D eigenvalue weighted by Gasteiger charge is -2.36. The molecule has 1 aromatic rings. The molecule has 3 atom stereocenters. The highest BCUT2D eigenvalue weighted by Crippen LogP contribution is 2.36. The van der Waals surface area contributed by atoms with Crippen LogP contribution in [0.1, 0.15) is 25.3 Å². The van der Waals surface area contributed by atoms with Crippen molar-refractivity contribution in [3.05, 3.63) is 22.7 Å². The summed E-state index contributed by atoms with van der Waals surface area (Å²) in [4.78, 5) is 14.8. The van der Waals surface area contributed by atoms with Crippen molar-refractivity contribution in [2.75, 3.05) is 26.3 Å². The molecule has 6 nitrogen and oxygen atoms in total. The van der Waals surface area contributed by atoms with Crippen LogP contribution >= 0.6 is 11.6 Å². The Morgan fingerprint density at radius 1 is 1.28 bits per heavy atom. The lowest BCUT2D eigenvalue weighted by atomic mass is 9.87. The molecule has 1 aromatic carbocycles. The van der Waals surface area contributed by atoms with E-state index in [9.17, 15) is 4.79 Å². The summed E-state index contributed by atoms with van der Waals surface area (Å²) in [7, 11) is 0. The minimum absolute atomic E-state index is 0.124. The number of carbonyl (C=O) groups is 1. The second kappa shape index (κ2) is 7.02. The van der Waals surface area contributed by atoms with Crippen molar-refractivity contribution in [2.45, 2.75) is 38.3 Å². The average Bonchev–Trinajstić information content (AvgIpc) is 3.04. The summed E-state index contributed by atoms with van der Waals surface area (Å²) in [6.45, 7) is 4.81. The minimum atomic E-state index is 0.124. The van der Waals surface area contributed by atoms with Gasteiger partial charge in [0.15, 0.2) is 11.5 Å². The Morgan fingerprint density at radius 3 is 2.80 bits per heavy atom. The Kier molecular flexibility index (Phi) is 4.75. The van der Waals surface area contributed by atoms with Gasteiger partial charge in [-0.3, -0.25) is 15.6 Å². The number of nitrogens with one attached hydrogen (secondary N) is 2. The third-order valence-corrected chi connectivity index (χ3v) is 5.83. The first-order chi connectivity index (χ1) is 12.2. The van der Waals surface area contributed by atoms with Crippen molar-refractivity contribution < 1.29 is 14.3 Å². The van der Waals surface area contributed by atoms with Gasteiger partial charge < -0.3 is 14.4 Å². The molecule has 0 saturated carbocycles. The van der Waals surface area contributed by atoms with Crippen LogP contribution in [0.15, 0.2) is 12.1 Å². The Balaban J connectivity index is 1.45. The molecule has 2 fully saturated rings. The van der Waals surface area contributed by atoms with E-state index in [-0.39, 0.29) is 5.91 Å². The SMILES string of the molecule is CCC1NNC2CCN(C(=O)Cc3cc4c(cc3Cl)OCCO4)CC12. The lowest BCUT2D eigenvalue weighted by molar-refractivity contribution is -0.132. The molecule has 4 rings (SSSR count). The van der Waals surface area contributed by atoms with Gasteiger partial charge >= 0.3 is 0 Å². The summed E-state index contributed by atoms with van der Waals surface area (Å²) in [6, 6.07) is 4.49. The van der Waals surface area contributed by atoms with E-state index >= 15 is 0 Å². The van der Waals surface area contributed by atoms with Crippen LogP contribution in [0.3, 0.4) is 0 Å². The summed E-state index contributed by atoms with van der Waals surface area (Å²) < 4.78 is 11.1. The molecule has 3 unspecified atom stereocenters. The van der Waals surface area contributed by atoms with E-state index in [0.717, 1.165) is 31.5 Å². The fraction of sp³-hybridized carbons (Fsp3) is 0.611. The maximum atomic E-state index is 12.8. The number of fused-ring (bicyclic) bond motifs is 2. The number of halogens is 1. The topological polar surface area (TPSA) is 62.8 Å². The highest BCUT2D eigenvalue weighted by atomic mass is 35.5. The maximum Gasteiger partial charge on any atom is 0.227 e. The standard InChI is InChI=1S/C18H24ClN3O3/c1-2-14-12-10-22(4-3-15(12)21-20-14)18(23)8-11-7-16-17(9-13(11)19)25-6-5-24-16/h7,9,12,14-15,20-21H,2-6,8,10H2,1H3. The fourth-order valence-electron chi connectivity index (χ4n) is 4.04. The van der Waals surface area contributed by atoms with Crippen LogP contribution in [0.4, 0.5) is 0 Å². The molecule has 25 heavy (non-hydrogen) atoms. The van der Waals surface area contributed by atoms with Crippen molar-refractivity contribution in [3.8, 4) is 11.5 Å². The van der Waals surface area contributed by atoms with Crippen molar-refractivity contribution >= 4 is 17.5 Å². The average molecular weight is 366 g/mol. The third kappa shape index (κ3) is 3.30. The van der Waals surface area contributed by atoms with E-state index in [0.29, 0.717) is 54.2 Å². The van der Waals surface area contributed by atoms with E-state index in [1.165, 1.54) is 0 Å². The first-order valence-electron chi connectivity index (χ1n) is 9.02. The Morgan fingerprint density at radius 2 is 2.04 bits per heavy atom. The molecule has 3 heterocycles. The van der Waals surface area contributed by atoms with Gasteiger partial charge in [-0.25, -0.2) is 0 Å². The van der Waals surface area contributed by atoms with E-state index < -0.39 is 0 Å². The highest BCUT2D eigenvalue weighted by molar-refractivity contribution is 6.31. The number of likely N-dealkylation sites (tertiary alicyclic amines) is 1. The second-order valence-electron chi connectivity index (χ2n) is 6.97. The van der Waals surface area contributed by atoms with Crippen LogP contribution < -0.4 is 20.3 Å². The molecule has 2 N–H and O–H groups in total. The summed E-state index contributed by atoms with van der Waals surface area (Å²) in [6.07, 6.45) is 2.34. The smallest absolute Gasteiger partial charge is 0.227 e. The third-order valence-electron chi connectivity index (χ3n) is 5.47. The molecule has 0 aromatic heterocycles. The molecule has 2 saturated heterocycles. The molecular weight excluding hydrogens is 342 g/mol. The molecule has 0 aliphatic carbocycles. The van der Waals surface area contributed by atoms with Gasteiger partial charge in [-0.1, -0.05) is 18.5 Å². The zero-order valence-electron chi connectivity index (χ0n) is 14.4. The predicted molar refractivity (Wildman–Crippen MR) is 95.0 cm³/mol. The summed E-state index contributed by atoms with van der Waals surface area (Å²) in [5.41, 5.74) is 7.53. The molecule has 3 aliphatic rings. The number of carbonyl (C=O) groups excluding carboxylic acids is 1. The Bertz CT molecular complexity index is 663. The number of amides is 1. The van der Waals surface area contributed by atoms with Gasteiger partial charge in [0.2, 0.25) is 5.91 Å². The highest BCUT2D eigenvalue weighted by Gasteiger charge is 2.39. The van der Waals surface area contributed by atoms with Crippen LogP contribution in [0.25, 0.3) is 0 Å². The van der Waals surface area contributed by atoms with Crippen LogP contribution in [-0.2, 0) is 11.2 Å². The zero-order chi connectivity index (χ0) is 17.4. The predicted octanol–water partition coefficient (Wildman–Crippen LogP) is 1.76. The van der Waals surface area contributed by atoms with Gasteiger partial charge in [0.1, 0.15) is 13.2 Å². The van der Waals surface area contributed by atoms with Crippen molar-refractivity contribution in [1.82, 2.24) is 15.8 Å². The molecule has 1 amide bonds. The lowest BCUT2D eigenvalue weighted by Crippen LogP contribution is -2.49. The number of nitrogens with zero attached hydrogens (tertiary/aromatic N) is 1. The van der Waals surface area contributed by atoms with Crippen LogP contribution in [-0.4, -0.2) is 49.2 Å². The maximum absolute atomic E-state index is 12.8. The quantitative estimate of drug-likeness (QED) is 0.854. The fourth-order valence-corrected chi connectivity index (χ4v) is 4.26. The summed E-state index contributed by atoms with van der Waals surface area (Å²) >= 11 is 6.35. The number of benzene rings is 1. The minimum Gasteiger partial charge on any atom is -0.486 e. The van der Waals surface area contributed by atoms with Gasteiger partial charge in [-0.2, -0.15) is 0 Å². The Hall–Kier alpha value is -1.50. The molecular formula is C18H24ClN3O3. The number of rotatable bonds is 3. The number of hydrogen-bond acceptors (Lipinski definition) is 5. The molecule has 136 valence electrons. The first-order valence-corrected chi connectivity index (χ1v) is 9.40. The van der Waals surface area contributed by atoms with Crippen LogP contribution in [0, 0.1) is 5.92 Å². The van der Waals surface area contributed by atoms with Gasteiger partial charge in [-0.15, -0.1) is 0 Å². The van der Waals surface area contributed by atoms with Gasteiger partial charge in [0.25, 0.3) is 0 Å². The van der Waals surface area contributed by atoms with Crippen LogP contribution in [0.2, 0.25) is 5.02 Å². The van der Waals surface area contributed by atoms with Crippen molar-refractivity contribution in [1.29, 1.82) is 0 Å². The van der Waals surface area contributed by atoms with Crippen LogP contribution in [0.5, 0.6) is 11.5 Å². The molecule has 0 bridgehead atoms. The number of hydrazine groups is 1. The number of piperidine rings is 1. The normalized spacial score (nSPS) is 27.9. The summed E-state index contributed by atoms with van der Waals surface area (Å²) in [5.74, 6) is 1.92. The molecule has 0 spiro atoms. The molecule has 7 heteroatoms. The zero-order valence-corrected chi connectivity index (χ0v) is 15.1. The Labute approximate surface area is 152 Å². The van der Waals surface area contributed by atoms with E-state index in [2.05, 4.69) is 17.8 Å². The van der Waals surface area contributed by atoms with Gasteiger partial charge in [-0.05, 0) is 24.5 Å². The van der Waals surface area contributed by atoms with Crippen molar-refractivity contribution in [2.24, 2.45) is 5.92 Å². The molecule has 0 radical (unpaired) electrons. The van der Waals surface area contributed by atoms with E-state index in [4.69, 9.17) is 21.1 Å². The van der Waals surface area contributed by atoms with E-state index in [1.54, 1.807) is 6.07 Å². The second-order valence-corrected chi connectivity index (χ2v) is 7.37. The first kappa shape index (κ1) is 16.9. The van der Waals surface area contributed by atoms with E-state index in [1.807, 2.05) is 11.0 Å². The van der Waals surface area contributed by atoms with Gasteiger partial charge in [0, 0.05) is 42.2 Å². The van der Waals surface area contributed by atoms with Gasteiger partial charge in [0.05, 0.1) is 6.42 Å². The number of hydrogen-bond donors (Lipinski definition) is 2. The van der Waals surface area contributed by atoms with Crippen molar-refractivity contribution in [3.63, 3.8) is 0 Å². The monoisotopic (exact) mass is 365 g/mol. The number of ether oxygens (including phenoxy) is 2. The summed E-state index contributed by atoms with van der Waals surface area (Å²) in [5, 5.41) is 0.558. The largest absolute Gasteiger partial charge is 0.486 e. The molecule has 3 aliphatic heterocycles.